The molecule has 0 radical (unpaired) electrons. The molecule has 3 nitrogen and oxygen atoms in total. The molecule has 3 heteroatoms. The molecule has 0 spiro atoms. The summed E-state index contributed by atoms with van der Waals surface area (Å²) >= 11 is 0. The second-order valence-electron chi connectivity index (χ2n) is 4.89. The first-order valence-electron chi connectivity index (χ1n) is 7.17. The molecule has 0 atom stereocenters. The maximum Gasteiger partial charge on any atom is 0.240 e. The van der Waals surface area contributed by atoms with Gasteiger partial charge in [-0.15, -0.1) is 0 Å². The number of amides is 1. The molecule has 0 heterocycles. The summed E-state index contributed by atoms with van der Waals surface area (Å²) in [5.41, 5.74) is 5.34. The normalized spacial score (nSPS) is 11.5. The van der Waals surface area contributed by atoms with Gasteiger partial charge in [0.05, 0.1) is 5.54 Å². The van der Waals surface area contributed by atoms with Crippen molar-refractivity contribution in [2.75, 3.05) is 6.54 Å². The molecule has 0 aliphatic carbocycles. The summed E-state index contributed by atoms with van der Waals surface area (Å²) < 4.78 is 0. The predicted octanol–water partition coefficient (Wildman–Crippen LogP) is 2.98. The van der Waals surface area contributed by atoms with E-state index >= 15 is 0 Å². The highest BCUT2D eigenvalue weighted by Gasteiger charge is 2.29. The quantitative estimate of drug-likeness (QED) is 0.579. The molecular weight excluding hydrogens is 212 g/mol. The highest BCUT2D eigenvalue weighted by molar-refractivity contribution is 5.85. The number of hydrogen-bond acceptors (Lipinski definition) is 2. The molecule has 0 aromatic rings. The first-order chi connectivity index (χ1) is 8.10. The van der Waals surface area contributed by atoms with Crippen LogP contribution in [0.1, 0.15) is 72.1 Å². The monoisotopic (exact) mass is 242 g/mol. The summed E-state index contributed by atoms with van der Waals surface area (Å²) in [6.45, 7) is 6.92. The summed E-state index contributed by atoms with van der Waals surface area (Å²) in [5.74, 6) is 0.0102. The molecule has 0 unspecified atom stereocenters. The van der Waals surface area contributed by atoms with Crippen LogP contribution in [0.25, 0.3) is 0 Å². The van der Waals surface area contributed by atoms with E-state index in [1.807, 2.05) is 13.8 Å². The van der Waals surface area contributed by atoms with Gasteiger partial charge in [-0.1, -0.05) is 52.9 Å². The Morgan fingerprint density at radius 1 is 1.00 bits per heavy atom. The highest BCUT2D eigenvalue weighted by atomic mass is 16.2. The lowest BCUT2D eigenvalue weighted by molar-refractivity contribution is -0.126. The van der Waals surface area contributed by atoms with Crippen molar-refractivity contribution in [3.8, 4) is 0 Å². The zero-order valence-electron chi connectivity index (χ0n) is 11.8. The van der Waals surface area contributed by atoms with Crippen LogP contribution in [0.4, 0.5) is 0 Å². The molecule has 0 aliphatic heterocycles. The van der Waals surface area contributed by atoms with Crippen molar-refractivity contribution in [3.05, 3.63) is 0 Å². The van der Waals surface area contributed by atoms with Crippen molar-refractivity contribution in [1.29, 1.82) is 0 Å². The Kier molecular flexibility index (Phi) is 9.14. The van der Waals surface area contributed by atoms with Crippen LogP contribution in [-0.2, 0) is 4.79 Å². The lowest BCUT2D eigenvalue weighted by Gasteiger charge is -2.25. The van der Waals surface area contributed by atoms with Gasteiger partial charge in [-0.3, -0.25) is 4.79 Å². The van der Waals surface area contributed by atoms with E-state index in [0.717, 1.165) is 13.0 Å². The van der Waals surface area contributed by atoms with E-state index in [-0.39, 0.29) is 5.91 Å². The summed E-state index contributed by atoms with van der Waals surface area (Å²) in [6.07, 6.45) is 8.87. The van der Waals surface area contributed by atoms with Gasteiger partial charge in [-0.25, -0.2) is 0 Å². The number of nitrogens with one attached hydrogen (secondary N) is 1. The first-order valence-corrected chi connectivity index (χ1v) is 7.17. The van der Waals surface area contributed by atoms with Gasteiger partial charge in [0.15, 0.2) is 0 Å². The minimum absolute atomic E-state index is 0.0102. The molecule has 1 amide bonds. The van der Waals surface area contributed by atoms with E-state index in [1.54, 1.807) is 0 Å². The summed E-state index contributed by atoms with van der Waals surface area (Å²) in [7, 11) is 0. The van der Waals surface area contributed by atoms with Crippen molar-refractivity contribution >= 4 is 5.91 Å². The lowest BCUT2D eigenvalue weighted by Crippen LogP contribution is -2.53. The molecule has 0 bridgehead atoms. The second kappa shape index (κ2) is 9.46. The van der Waals surface area contributed by atoms with Gasteiger partial charge in [0.2, 0.25) is 5.91 Å². The van der Waals surface area contributed by atoms with Crippen LogP contribution in [-0.4, -0.2) is 18.0 Å². The zero-order chi connectivity index (χ0) is 13.1. The smallest absolute Gasteiger partial charge is 0.240 e. The first kappa shape index (κ1) is 16.4. The Bertz CT molecular complexity index is 200. The standard InChI is InChI=1S/C14H30N2O/c1-4-7-8-9-10-11-12-16-13(17)14(15,5-2)6-3/h4-12,15H2,1-3H3,(H,16,17). The average molecular weight is 242 g/mol. The van der Waals surface area contributed by atoms with Crippen LogP contribution in [0, 0.1) is 0 Å². The molecule has 3 N–H and O–H groups in total. The van der Waals surface area contributed by atoms with Gasteiger partial charge < -0.3 is 11.1 Å². The minimum Gasteiger partial charge on any atom is -0.355 e. The number of carbonyl (C=O) groups excluding carboxylic acids is 1. The lowest BCUT2D eigenvalue weighted by atomic mass is 9.93. The summed E-state index contributed by atoms with van der Waals surface area (Å²) in [5, 5.41) is 2.95. The molecule has 0 aromatic heterocycles. The van der Waals surface area contributed by atoms with E-state index in [9.17, 15) is 4.79 Å². The third-order valence-electron chi connectivity index (χ3n) is 3.53. The Balaban J connectivity index is 3.57. The Hall–Kier alpha value is -0.570. The average Bonchev–Trinajstić information content (AvgIpc) is 2.36. The van der Waals surface area contributed by atoms with E-state index in [1.165, 1.54) is 32.1 Å². The maximum absolute atomic E-state index is 11.8. The van der Waals surface area contributed by atoms with Crippen molar-refractivity contribution in [1.82, 2.24) is 5.32 Å². The zero-order valence-corrected chi connectivity index (χ0v) is 11.8. The molecule has 17 heavy (non-hydrogen) atoms. The van der Waals surface area contributed by atoms with Crippen molar-refractivity contribution in [2.45, 2.75) is 77.7 Å². The van der Waals surface area contributed by atoms with Gasteiger partial charge in [-0.2, -0.15) is 0 Å². The number of unbranched alkanes of at least 4 members (excludes halogenated alkanes) is 5. The van der Waals surface area contributed by atoms with E-state index in [2.05, 4.69) is 12.2 Å². The molecule has 0 saturated heterocycles. The SMILES string of the molecule is CCCCCCCCNC(=O)C(N)(CC)CC. The number of rotatable bonds is 10. The molecule has 0 fully saturated rings. The van der Waals surface area contributed by atoms with Crippen LogP contribution in [0.5, 0.6) is 0 Å². The van der Waals surface area contributed by atoms with Crippen molar-refractivity contribution < 1.29 is 4.79 Å². The highest BCUT2D eigenvalue weighted by Crippen LogP contribution is 2.11. The maximum atomic E-state index is 11.8. The second-order valence-corrected chi connectivity index (χ2v) is 4.89. The van der Waals surface area contributed by atoms with Gasteiger partial charge >= 0.3 is 0 Å². The fourth-order valence-corrected chi connectivity index (χ4v) is 1.85. The predicted molar refractivity (Wildman–Crippen MR) is 73.9 cm³/mol. The van der Waals surface area contributed by atoms with Crippen molar-refractivity contribution in [2.24, 2.45) is 5.73 Å². The molecule has 0 aliphatic rings. The van der Waals surface area contributed by atoms with Crippen LogP contribution >= 0.6 is 0 Å². The topological polar surface area (TPSA) is 55.1 Å². The van der Waals surface area contributed by atoms with Gasteiger partial charge in [0.25, 0.3) is 0 Å². The Labute approximate surface area is 107 Å². The third kappa shape index (κ3) is 6.67. The number of hydrogen-bond donors (Lipinski definition) is 2. The number of carbonyl (C=O) groups is 1. The summed E-state index contributed by atoms with van der Waals surface area (Å²) in [4.78, 5) is 11.8. The van der Waals surface area contributed by atoms with Crippen LogP contribution < -0.4 is 11.1 Å². The van der Waals surface area contributed by atoms with Gasteiger partial charge in [0, 0.05) is 6.54 Å². The van der Waals surface area contributed by atoms with Crippen LogP contribution in [0.3, 0.4) is 0 Å². The minimum atomic E-state index is -0.664. The Morgan fingerprint density at radius 2 is 1.53 bits per heavy atom. The van der Waals surface area contributed by atoms with Crippen LogP contribution in [0.2, 0.25) is 0 Å². The van der Waals surface area contributed by atoms with Crippen LogP contribution in [0.15, 0.2) is 0 Å². The molecule has 0 rings (SSSR count). The van der Waals surface area contributed by atoms with Crippen molar-refractivity contribution in [3.63, 3.8) is 0 Å². The van der Waals surface area contributed by atoms with E-state index in [4.69, 9.17) is 5.73 Å². The Morgan fingerprint density at radius 3 is 2.06 bits per heavy atom. The van der Waals surface area contributed by atoms with E-state index < -0.39 is 5.54 Å². The molecular formula is C14H30N2O. The fraction of sp³-hybridized carbons (Fsp3) is 0.929. The molecule has 102 valence electrons. The van der Waals surface area contributed by atoms with Gasteiger partial charge in [-0.05, 0) is 19.3 Å². The third-order valence-corrected chi connectivity index (χ3v) is 3.53. The molecule has 0 saturated carbocycles. The number of nitrogens with two attached hydrogens (primary N) is 1. The largest absolute Gasteiger partial charge is 0.355 e. The van der Waals surface area contributed by atoms with Gasteiger partial charge in [0.1, 0.15) is 0 Å². The molecule has 0 aromatic carbocycles. The summed E-state index contributed by atoms with van der Waals surface area (Å²) in [6, 6.07) is 0. The van der Waals surface area contributed by atoms with E-state index in [0.29, 0.717) is 12.8 Å². The fourth-order valence-electron chi connectivity index (χ4n) is 1.85.